The van der Waals surface area contributed by atoms with Crippen molar-refractivity contribution in [3.63, 3.8) is 0 Å². The Morgan fingerprint density at radius 2 is 1.86 bits per heavy atom. The molecule has 0 aliphatic rings. The Morgan fingerprint density at radius 3 is 2.49 bits per heavy atom. The number of pyridine rings is 3. The Kier molecular flexibility index (Phi) is 7.79. The van der Waals surface area contributed by atoms with Crippen molar-refractivity contribution in [2.45, 2.75) is 26.9 Å². The molecule has 184 valence electrons. The van der Waals surface area contributed by atoms with Gasteiger partial charge in [0.25, 0.3) is 5.56 Å². The minimum Gasteiger partial charge on any atom is -0.483 e. The maximum Gasteiger partial charge on any atom is 0.273 e. The summed E-state index contributed by atoms with van der Waals surface area (Å²) in [5, 5.41) is 0. The molecule has 0 aliphatic heterocycles. The topological polar surface area (TPSA) is 77.3 Å². The van der Waals surface area contributed by atoms with E-state index in [0.717, 1.165) is 10.8 Å². The molecule has 0 amide bonds. The second-order valence-electron chi connectivity index (χ2n) is 7.98. The third kappa shape index (κ3) is 5.45. The van der Waals surface area contributed by atoms with Crippen molar-refractivity contribution < 1.29 is 22.7 Å². The summed E-state index contributed by atoms with van der Waals surface area (Å²) in [5.74, 6) is -3.28. The van der Waals surface area contributed by atoms with Crippen LogP contribution in [0.5, 0.6) is 5.75 Å². The lowest BCUT2D eigenvalue weighted by Gasteiger charge is -2.19. The van der Waals surface area contributed by atoms with Crippen LogP contribution in [0.2, 0.25) is 0 Å². The zero-order valence-electron chi connectivity index (χ0n) is 19.6. The van der Waals surface area contributed by atoms with Gasteiger partial charge in [0.15, 0.2) is 11.6 Å². The molecule has 0 fully saturated rings. The lowest BCUT2D eigenvalue weighted by molar-refractivity contribution is 0.103. The van der Waals surface area contributed by atoms with Gasteiger partial charge >= 0.3 is 0 Å². The van der Waals surface area contributed by atoms with Gasteiger partial charge in [-0.05, 0) is 42.3 Å². The van der Waals surface area contributed by atoms with Gasteiger partial charge in [-0.2, -0.15) is 0 Å². The van der Waals surface area contributed by atoms with Crippen molar-refractivity contribution in [1.82, 2.24) is 19.4 Å². The summed E-state index contributed by atoms with van der Waals surface area (Å²) in [7, 11) is 3.42. The molecular formula is C24H22BrF3N4O3. The maximum absolute atomic E-state index is 15.5. The number of hydrogen-bond acceptors (Lipinski definition) is 6. The zero-order valence-corrected chi connectivity index (χ0v) is 21.2. The third-order valence-electron chi connectivity index (χ3n) is 4.98. The fourth-order valence-corrected chi connectivity index (χ4v) is 3.71. The molecule has 0 N–H and O–H groups in total. The summed E-state index contributed by atoms with van der Waals surface area (Å²) in [4.78, 5) is 35.0. The van der Waals surface area contributed by atoms with E-state index < -0.39 is 40.6 Å². The van der Waals surface area contributed by atoms with Crippen LogP contribution in [0.3, 0.4) is 0 Å². The number of halogens is 4. The quantitative estimate of drug-likeness (QED) is 0.310. The molecule has 0 radical (unpaired) electrons. The third-order valence-corrected chi connectivity index (χ3v) is 5.71. The second-order valence-corrected chi connectivity index (χ2v) is 8.77. The standard InChI is InChI=1S/C24H22BrF3N4O3/c1-12-10-29-22(17(33)6-7-31(4)5)20(28)23(12)32-13(2)8-18(19(25)24(32)34)35-14(3)21-16(27)9-15(26)11-30-21/h6-11,14H,1-5H3/b7-6+. The summed E-state index contributed by atoms with van der Waals surface area (Å²) in [5.41, 5.74) is -0.774. The molecule has 3 heterocycles. The number of carbonyl (C=O) groups is 1. The highest BCUT2D eigenvalue weighted by atomic mass is 79.9. The summed E-state index contributed by atoms with van der Waals surface area (Å²) >= 11 is 3.18. The fourth-order valence-electron chi connectivity index (χ4n) is 3.32. The molecule has 0 saturated heterocycles. The van der Waals surface area contributed by atoms with Gasteiger partial charge in [-0.3, -0.25) is 19.1 Å². The van der Waals surface area contributed by atoms with Crippen LogP contribution in [-0.2, 0) is 0 Å². The fraction of sp³-hybridized carbons (Fsp3) is 0.250. The zero-order chi connectivity index (χ0) is 26.0. The first-order chi connectivity index (χ1) is 16.4. The molecule has 3 aromatic rings. The highest BCUT2D eigenvalue weighted by Gasteiger charge is 2.24. The van der Waals surface area contributed by atoms with Crippen LogP contribution in [-0.4, -0.2) is 39.3 Å². The molecule has 0 saturated carbocycles. The van der Waals surface area contributed by atoms with Gasteiger partial charge in [-0.15, -0.1) is 0 Å². The van der Waals surface area contributed by atoms with E-state index in [0.29, 0.717) is 11.6 Å². The van der Waals surface area contributed by atoms with Gasteiger partial charge in [-0.25, -0.2) is 18.2 Å². The predicted octanol–water partition coefficient (Wildman–Crippen LogP) is 4.82. The van der Waals surface area contributed by atoms with Crippen molar-refractivity contribution in [1.29, 1.82) is 0 Å². The van der Waals surface area contributed by atoms with E-state index in [1.807, 2.05) is 0 Å². The van der Waals surface area contributed by atoms with Crippen molar-refractivity contribution in [3.8, 4) is 11.4 Å². The van der Waals surface area contributed by atoms with E-state index in [-0.39, 0.29) is 27.3 Å². The molecule has 3 aromatic heterocycles. The van der Waals surface area contributed by atoms with E-state index in [1.54, 1.807) is 32.8 Å². The minimum absolute atomic E-state index is 0.0547. The van der Waals surface area contributed by atoms with Crippen LogP contribution in [0.15, 0.2) is 46.1 Å². The monoisotopic (exact) mass is 550 g/mol. The Bertz CT molecular complexity index is 1390. The summed E-state index contributed by atoms with van der Waals surface area (Å²) in [6.45, 7) is 4.60. The van der Waals surface area contributed by atoms with Crippen molar-refractivity contribution in [2.24, 2.45) is 0 Å². The number of hydrogen-bond donors (Lipinski definition) is 0. The molecule has 0 aliphatic carbocycles. The number of allylic oxidation sites excluding steroid dienone is 1. The molecule has 1 unspecified atom stereocenters. The van der Waals surface area contributed by atoms with Crippen LogP contribution >= 0.6 is 15.9 Å². The summed E-state index contributed by atoms with van der Waals surface area (Å²) in [6.07, 6.45) is 3.84. The Morgan fingerprint density at radius 1 is 1.17 bits per heavy atom. The minimum atomic E-state index is -0.964. The molecule has 0 aromatic carbocycles. The van der Waals surface area contributed by atoms with E-state index in [2.05, 4.69) is 25.9 Å². The van der Waals surface area contributed by atoms with Crippen LogP contribution in [0.1, 0.15) is 40.5 Å². The number of aromatic nitrogens is 3. The summed E-state index contributed by atoms with van der Waals surface area (Å²) < 4.78 is 49.5. The number of rotatable bonds is 7. The molecule has 35 heavy (non-hydrogen) atoms. The van der Waals surface area contributed by atoms with Crippen molar-refractivity contribution >= 4 is 21.7 Å². The second kappa shape index (κ2) is 10.4. The van der Waals surface area contributed by atoms with Gasteiger partial charge in [-0.1, -0.05) is 0 Å². The average molecular weight is 551 g/mol. The molecule has 3 rings (SSSR count). The van der Waals surface area contributed by atoms with Gasteiger partial charge in [0.2, 0.25) is 5.78 Å². The highest BCUT2D eigenvalue weighted by Crippen LogP contribution is 2.30. The van der Waals surface area contributed by atoms with Crippen LogP contribution in [0, 0.1) is 31.3 Å². The van der Waals surface area contributed by atoms with E-state index >= 15 is 4.39 Å². The smallest absolute Gasteiger partial charge is 0.273 e. The molecule has 1 atom stereocenters. The number of ether oxygens (including phenoxy) is 1. The molecule has 0 spiro atoms. The first kappa shape index (κ1) is 26.1. The van der Waals surface area contributed by atoms with E-state index in [9.17, 15) is 18.4 Å². The lowest BCUT2D eigenvalue weighted by Crippen LogP contribution is -2.25. The van der Waals surface area contributed by atoms with E-state index in [4.69, 9.17) is 4.74 Å². The first-order valence-corrected chi connectivity index (χ1v) is 11.2. The van der Waals surface area contributed by atoms with Crippen LogP contribution < -0.4 is 10.3 Å². The number of ketones is 1. The number of aryl methyl sites for hydroxylation is 2. The van der Waals surface area contributed by atoms with Gasteiger partial charge in [0.1, 0.15) is 33.5 Å². The Hall–Kier alpha value is -3.47. The Balaban J connectivity index is 2.07. The van der Waals surface area contributed by atoms with Crippen LogP contribution in [0.4, 0.5) is 13.2 Å². The van der Waals surface area contributed by atoms with Gasteiger partial charge in [0, 0.05) is 50.4 Å². The number of nitrogens with zero attached hydrogens (tertiary/aromatic N) is 4. The van der Waals surface area contributed by atoms with Gasteiger partial charge in [0.05, 0.1) is 11.9 Å². The average Bonchev–Trinajstić information content (AvgIpc) is 2.77. The van der Waals surface area contributed by atoms with Crippen LogP contribution in [0.25, 0.3) is 5.69 Å². The lowest BCUT2D eigenvalue weighted by atomic mass is 10.1. The normalized spacial score (nSPS) is 12.1. The maximum atomic E-state index is 15.5. The molecular weight excluding hydrogens is 529 g/mol. The largest absolute Gasteiger partial charge is 0.483 e. The summed E-state index contributed by atoms with van der Waals surface area (Å²) in [6, 6.07) is 2.14. The van der Waals surface area contributed by atoms with E-state index in [1.165, 1.54) is 31.5 Å². The highest BCUT2D eigenvalue weighted by molar-refractivity contribution is 9.10. The SMILES string of the molecule is Cc1cnc(C(=O)/C=C/N(C)C)c(F)c1-n1c(C)cc(OC(C)c2ncc(F)cc2F)c(Br)c1=O. The van der Waals surface area contributed by atoms with Gasteiger partial charge < -0.3 is 9.64 Å². The van der Waals surface area contributed by atoms with Crippen molar-refractivity contribution in [3.05, 3.63) is 91.7 Å². The predicted molar refractivity (Wildman–Crippen MR) is 127 cm³/mol. The Labute approximate surface area is 208 Å². The van der Waals surface area contributed by atoms with Crippen molar-refractivity contribution in [2.75, 3.05) is 14.1 Å². The molecule has 7 nitrogen and oxygen atoms in total. The number of carbonyl (C=O) groups excluding carboxylic acids is 1. The molecule has 11 heteroatoms. The first-order valence-electron chi connectivity index (χ1n) is 10.4. The molecule has 0 bridgehead atoms.